The summed E-state index contributed by atoms with van der Waals surface area (Å²) >= 11 is 13.7. The molecule has 0 radical (unpaired) electrons. The highest BCUT2D eigenvalue weighted by atomic mass is 35.5. The van der Waals surface area contributed by atoms with E-state index in [2.05, 4.69) is 50.2 Å². The minimum absolute atomic E-state index is 0.712. The lowest BCUT2D eigenvalue weighted by molar-refractivity contribution is 0.889. The summed E-state index contributed by atoms with van der Waals surface area (Å²) in [6.45, 7) is 4.39. The van der Waals surface area contributed by atoms with Gasteiger partial charge in [0.25, 0.3) is 0 Å². The minimum atomic E-state index is 0.712. The third kappa shape index (κ3) is 5.17. The normalized spacial score (nSPS) is 11.0. The van der Waals surface area contributed by atoms with Crippen LogP contribution in [0, 0.1) is 13.8 Å². The molecule has 0 aliphatic rings. The van der Waals surface area contributed by atoms with Gasteiger partial charge >= 0.3 is 0 Å². The van der Waals surface area contributed by atoms with Crippen LogP contribution in [0.3, 0.4) is 0 Å². The number of halogens is 2. The maximum Gasteiger partial charge on any atom is 0.0226 e. The van der Waals surface area contributed by atoms with E-state index in [1.165, 1.54) is 32.0 Å². The number of rotatable bonds is 8. The highest BCUT2D eigenvalue weighted by Crippen LogP contribution is 2.36. The quantitative estimate of drug-likeness (QED) is 0.463. The number of benzene rings is 2. The third-order valence-electron chi connectivity index (χ3n) is 4.08. The predicted molar refractivity (Wildman–Crippen MR) is 105 cm³/mol. The molecule has 2 aromatic rings. The van der Waals surface area contributed by atoms with Gasteiger partial charge in [-0.25, -0.2) is 0 Å². The SMILES string of the molecule is Cc1cccc(Sc2cccc(C)c2CCCCl)c1CCCCl. The van der Waals surface area contributed by atoms with E-state index < -0.39 is 0 Å². The van der Waals surface area contributed by atoms with Gasteiger partial charge < -0.3 is 0 Å². The van der Waals surface area contributed by atoms with Gasteiger partial charge in [-0.05, 0) is 73.9 Å². The van der Waals surface area contributed by atoms with Crippen LogP contribution in [0.25, 0.3) is 0 Å². The van der Waals surface area contributed by atoms with Gasteiger partial charge in [0.15, 0.2) is 0 Å². The van der Waals surface area contributed by atoms with Gasteiger partial charge in [-0.1, -0.05) is 36.0 Å². The number of hydrogen-bond donors (Lipinski definition) is 0. The Morgan fingerprint density at radius 1 is 0.739 bits per heavy atom. The molecule has 124 valence electrons. The van der Waals surface area contributed by atoms with Crippen LogP contribution in [0.1, 0.15) is 35.1 Å². The first-order valence-electron chi connectivity index (χ1n) is 8.14. The number of alkyl halides is 2. The molecule has 0 unspecified atom stereocenters. The van der Waals surface area contributed by atoms with Gasteiger partial charge in [0.1, 0.15) is 0 Å². The topological polar surface area (TPSA) is 0 Å². The Bertz CT molecular complexity index is 582. The van der Waals surface area contributed by atoms with Crippen molar-refractivity contribution in [2.24, 2.45) is 0 Å². The van der Waals surface area contributed by atoms with Crippen molar-refractivity contribution in [3.8, 4) is 0 Å². The van der Waals surface area contributed by atoms with Crippen LogP contribution in [0.4, 0.5) is 0 Å². The Morgan fingerprint density at radius 3 is 1.57 bits per heavy atom. The average molecular weight is 367 g/mol. The number of aryl methyl sites for hydroxylation is 2. The van der Waals surface area contributed by atoms with Crippen molar-refractivity contribution >= 4 is 35.0 Å². The van der Waals surface area contributed by atoms with Crippen molar-refractivity contribution in [1.29, 1.82) is 0 Å². The summed E-state index contributed by atoms with van der Waals surface area (Å²) < 4.78 is 0. The van der Waals surface area contributed by atoms with Crippen LogP contribution in [0.2, 0.25) is 0 Å². The van der Waals surface area contributed by atoms with Crippen LogP contribution < -0.4 is 0 Å². The molecule has 0 heterocycles. The largest absolute Gasteiger partial charge is 0.127 e. The van der Waals surface area contributed by atoms with Crippen LogP contribution >= 0.6 is 35.0 Å². The molecule has 0 aliphatic heterocycles. The van der Waals surface area contributed by atoms with Gasteiger partial charge in [-0.3, -0.25) is 0 Å². The summed E-state index contributed by atoms with van der Waals surface area (Å²) in [5, 5.41) is 0. The fourth-order valence-corrected chi connectivity index (χ4v) is 4.36. The second-order valence-corrected chi connectivity index (χ2v) is 7.63. The summed E-state index contributed by atoms with van der Waals surface area (Å²) in [6.07, 6.45) is 4.13. The molecule has 0 aromatic heterocycles. The molecule has 0 amide bonds. The molecule has 0 N–H and O–H groups in total. The molecule has 2 aromatic carbocycles. The predicted octanol–water partition coefficient (Wildman–Crippen LogP) is 6.80. The van der Waals surface area contributed by atoms with E-state index in [4.69, 9.17) is 23.2 Å². The van der Waals surface area contributed by atoms with Gasteiger partial charge in [0.2, 0.25) is 0 Å². The molecule has 0 atom stereocenters. The van der Waals surface area contributed by atoms with Crippen molar-refractivity contribution in [2.75, 3.05) is 11.8 Å². The lowest BCUT2D eigenvalue weighted by Crippen LogP contribution is -1.97. The summed E-state index contributed by atoms with van der Waals surface area (Å²) in [5.41, 5.74) is 5.58. The number of hydrogen-bond acceptors (Lipinski definition) is 1. The van der Waals surface area contributed by atoms with E-state index in [1.54, 1.807) is 0 Å². The summed E-state index contributed by atoms with van der Waals surface area (Å²) in [6, 6.07) is 13.1. The van der Waals surface area contributed by atoms with E-state index in [9.17, 15) is 0 Å². The molecule has 23 heavy (non-hydrogen) atoms. The van der Waals surface area contributed by atoms with E-state index in [0.717, 1.165) is 25.7 Å². The Balaban J connectivity index is 2.32. The molecule has 0 saturated carbocycles. The lowest BCUT2D eigenvalue weighted by Gasteiger charge is -2.15. The second-order valence-electron chi connectivity index (χ2n) is 5.79. The Labute approximate surface area is 154 Å². The van der Waals surface area contributed by atoms with Crippen molar-refractivity contribution in [3.63, 3.8) is 0 Å². The van der Waals surface area contributed by atoms with Gasteiger partial charge in [-0.2, -0.15) is 0 Å². The van der Waals surface area contributed by atoms with E-state index in [-0.39, 0.29) is 0 Å². The monoisotopic (exact) mass is 366 g/mol. The van der Waals surface area contributed by atoms with E-state index in [0.29, 0.717) is 11.8 Å². The summed E-state index contributed by atoms with van der Waals surface area (Å²) in [4.78, 5) is 2.71. The fraction of sp³-hybridized carbons (Fsp3) is 0.400. The molecule has 0 aliphatic carbocycles. The molecule has 3 heteroatoms. The minimum Gasteiger partial charge on any atom is -0.127 e. The van der Waals surface area contributed by atoms with Crippen LogP contribution in [-0.2, 0) is 12.8 Å². The molecule has 0 saturated heterocycles. The first kappa shape index (κ1) is 18.7. The van der Waals surface area contributed by atoms with Gasteiger partial charge in [-0.15, -0.1) is 23.2 Å². The Morgan fingerprint density at radius 2 is 1.17 bits per heavy atom. The van der Waals surface area contributed by atoms with Crippen molar-refractivity contribution in [3.05, 3.63) is 58.7 Å². The molecular formula is C20H24Cl2S. The standard InChI is InChI=1S/C20H24Cl2S/c1-15-7-3-11-19(17(15)9-5-13-21)23-20-12-4-8-16(2)18(20)10-6-14-22/h3-4,7-8,11-12H,5-6,9-10,13-14H2,1-2H3. The maximum absolute atomic E-state index is 5.90. The van der Waals surface area contributed by atoms with E-state index in [1.807, 2.05) is 11.8 Å². The zero-order valence-electron chi connectivity index (χ0n) is 13.9. The maximum atomic E-state index is 5.90. The van der Waals surface area contributed by atoms with Crippen molar-refractivity contribution < 1.29 is 0 Å². The highest BCUT2D eigenvalue weighted by Gasteiger charge is 2.11. The van der Waals surface area contributed by atoms with Gasteiger partial charge in [0.05, 0.1) is 0 Å². The third-order valence-corrected chi connectivity index (χ3v) is 5.81. The second kappa shape index (κ2) is 9.61. The molecule has 0 fully saturated rings. The summed E-state index contributed by atoms with van der Waals surface area (Å²) in [5.74, 6) is 1.42. The molecule has 0 bridgehead atoms. The fourth-order valence-electron chi connectivity index (χ4n) is 2.79. The van der Waals surface area contributed by atoms with Gasteiger partial charge in [0, 0.05) is 21.6 Å². The van der Waals surface area contributed by atoms with E-state index >= 15 is 0 Å². The zero-order valence-corrected chi connectivity index (χ0v) is 16.2. The van der Waals surface area contributed by atoms with Crippen molar-refractivity contribution in [1.82, 2.24) is 0 Å². The highest BCUT2D eigenvalue weighted by molar-refractivity contribution is 7.99. The molecular weight excluding hydrogens is 343 g/mol. The first-order valence-corrected chi connectivity index (χ1v) is 10.0. The lowest BCUT2D eigenvalue weighted by atomic mass is 10.0. The first-order chi connectivity index (χ1) is 11.2. The van der Waals surface area contributed by atoms with Crippen LogP contribution in [0.5, 0.6) is 0 Å². The molecule has 0 spiro atoms. The Hall–Kier alpha value is -0.630. The van der Waals surface area contributed by atoms with Crippen LogP contribution in [0.15, 0.2) is 46.2 Å². The smallest absolute Gasteiger partial charge is 0.0226 e. The molecule has 2 rings (SSSR count). The van der Waals surface area contributed by atoms with Crippen molar-refractivity contribution in [2.45, 2.75) is 49.3 Å². The summed E-state index contributed by atoms with van der Waals surface area (Å²) in [7, 11) is 0. The average Bonchev–Trinajstić information content (AvgIpc) is 2.54. The Kier molecular flexibility index (Phi) is 7.82. The van der Waals surface area contributed by atoms with Crippen LogP contribution in [-0.4, -0.2) is 11.8 Å². The molecule has 0 nitrogen and oxygen atoms in total. The zero-order chi connectivity index (χ0) is 16.7.